The highest BCUT2D eigenvalue weighted by Gasteiger charge is 2.19. The molecule has 6 heteroatoms. The first kappa shape index (κ1) is 74.1. The van der Waals surface area contributed by atoms with Gasteiger partial charge in [-0.15, -0.1) is 0 Å². The Labute approximate surface area is 482 Å². The molecule has 0 heterocycles. The van der Waals surface area contributed by atoms with Gasteiger partial charge in [-0.25, -0.2) is 0 Å². The summed E-state index contributed by atoms with van der Waals surface area (Å²) >= 11 is 0. The van der Waals surface area contributed by atoms with E-state index in [1.54, 1.807) is 0 Å². The Morgan fingerprint density at radius 2 is 0.500 bits per heavy atom. The maximum absolute atomic E-state index is 12.9. The Morgan fingerprint density at radius 1 is 0.269 bits per heavy atom. The second kappa shape index (κ2) is 65.6. The number of rotatable bonds is 59. The van der Waals surface area contributed by atoms with Crippen molar-refractivity contribution < 1.29 is 28.6 Å². The third-order valence-corrected chi connectivity index (χ3v) is 14.0. The predicted octanol–water partition coefficient (Wildman–Crippen LogP) is 22.6. The molecule has 78 heavy (non-hydrogen) atoms. The number of carbonyl (C=O) groups excluding carboxylic acids is 3. The lowest BCUT2D eigenvalue weighted by atomic mass is 10.0. The van der Waals surface area contributed by atoms with Crippen molar-refractivity contribution in [3.05, 3.63) is 109 Å². The number of esters is 3. The molecule has 0 rings (SSSR count). The van der Waals surface area contributed by atoms with Gasteiger partial charge in [-0.3, -0.25) is 14.4 Å². The lowest BCUT2D eigenvalue weighted by Gasteiger charge is -2.18. The molecule has 0 bridgehead atoms. The van der Waals surface area contributed by atoms with E-state index in [2.05, 4.69) is 130 Å². The molecule has 0 N–H and O–H groups in total. The largest absolute Gasteiger partial charge is 0.462 e. The minimum Gasteiger partial charge on any atom is -0.462 e. The van der Waals surface area contributed by atoms with Crippen LogP contribution in [-0.2, 0) is 28.6 Å². The van der Waals surface area contributed by atoms with Crippen LogP contribution in [0.2, 0.25) is 0 Å². The van der Waals surface area contributed by atoms with E-state index >= 15 is 0 Å². The van der Waals surface area contributed by atoms with Crippen LogP contribution in [0.15, 0.2) is 109 Å². The maximum Gasteiger partial charge on any atom is 0.306 e. The molecule has 6 nitrogen and oxygen atoms in total. The van der Waals surface area contributed by atoms with E-state index in [1.165, 1.54) is 122 Å². The lowest BCUT2D eigenvalue weighted by molar-refractivity contribution is -0.167. The summed E-state index contributed by atoms with van der Waals surface area (Å²) in [5, 5.41) is 0. The quantitative estimate of drug-likeness (QED) is 0.0261. The second-order valence-electron chi connectivity index (χ2n) is 21.6. The Morgan fingerprint density at radius 3 is 0.795 bits per heavy atom. The summed E-state index contributed by atoms with van der Waals surface area (Å²) in [6.45, 7) is 6.51. The van der Waals surface area contributed by atoms with Crippen LogP contribution in [0.1, 0.15) is 310 Å². The molecule has 446 valence electrons. The fourth-order valence-electron chi connectivity index (χ4n) is 9.10. The summed E-state index contributed by atoms with van der Waals surface area (Å²) in [4.78, 5) is 38.4. The van der Waals surface area contributed by atoms with Gasteiger partial charge in [0.1, 0.15) is 13.2 Å². The average Bonchev–Trinajstić information content (AvgIpc) is 3.44. The summed E-state index contributed by atoms with van der Waals surface area (Å²) in [6.07, 6.45) is 89.4. The molecule has 0 radical (unpaired) electrons. The summed E-state index contributed by atoms with van der Waals surface area (Å²) in [7, 11) is 0. The van der Waals surface area contributed by atoms with E-state index in [4.69, 9.17) is 14.2 Å². The van der Waals surface area contributed by atoms with Crippen molar-refractivity contribution in [2.45, 2.75) is 316 Å². The van der Waals surface area contributed by atoms with Gasteiger partial charge in [-0.05, 0) is 109 Å². The number of carbonyl (C=O) groups is 3. The highest BCUT2D eigenvalue weighted by Crippen LogP contribution is 2.16. The number of ether oxygens (including phenoxy) is 3. The smallest absolute Gasteiger partial charge is 0.306 e. The first-order valence-corrected chi connectivity index (χ1v) is 32.9. The molecule has 0 aliphatic carbocycles. The molecule has 0 saturated heterocycles. The molecule has 0 fully saturated rings. The van der Waals surface area contributed by atoms with E-state index in [1.807, 2.05) is 0 Å². The Balaban J connectivity index is 4.40. The molecule has 0 aromatic carbocycles. The first-order valence-electron chi connectivity index (χ1n) is 32.9. The van der Waals surface area contributed by atoms with Gasteiger partial charge in [-0.1, -0.05) is 291 Å². The Kier molecular flexibility index (Phi) is 62.3. The van der Waals surface area contributed by atoms with Gasteiger partial charge >= 0.3 is 17.9 Å². The predicted molar refractivity (Wildman–Crippen MR) is 339 cm³/mol. The van der Waals surface area contributed by atoms with E-state index in [-0.39, 0.29) is 31.1 Å². The Hall–Kier alpha value is -3.93. The van der Waals surface area contributed by atoms with Crippen molar-refractivity contribution in [1.82, 2.24) is 0 Å². The monoisotopic (exact) mass is 1080 g/mol. The first-order chi connectivity index (χ1) is 38.5. The molecule has 0 aromatic rings. The van der Waals surface area contributed by atoms with Crippen LogP contribution in [0, 0.1) is 0 Å². The summed E-state index contributed by atoms with van der Waals surface area (Å²) in [6, 6.07) is 0. The van der Waals surface area contributed by atoms with Crippen molar-refractivity contribution in [3.63, 3.8) is 0 Å². The molecule has 1 unspecified atom stereocenters. The maximum atomic E-state index is 12.9. The topological polar surface area (TPSA) is 78.9 Å². The molecule has 0 amide bonds. The van der Waals surface area contributed by atoms with Crippen molar-refractivity contribution in [2.24, 2.45) is 0 Å². The number of allylic oxidation sites excluding steroid dienone is 18. The van der Waals surface area contributed by atoms with Crippen LogP contribution in [0.4, 0.5) is 0 Å². The molecule has 0 aliphatic heterocycles. The van der Waals surface area contributed by atoms with E-state index in [0.717, 1.165) is 148 Å². The molecular formula is C72H122O6. The van der Waals surface area contributed by atoms with Crippen LogP contribution < -0.4 is 0 Å². The van der Waals surface area contributed by atoms with Gasteiger partial charge in [0.05, 0.1) is 0 Å². The SMILES string of the molecule is CC/C=C\C/C=C\C/C=C\C/C=C\C/C=C\C/C=C\C/C=C\CCCCCCCC(=O)OCC(COC(=O)CCCCCCC/C=C\C/C=C\CCCCCC)OC(=O)CCCCCCCCCCCCCCCCCCC. The summed E-state index contributed by atoms with van der Waals surface area (Å²) < 4.78 is 16.9. The van der Waals surface area contributed by atoms with Crippen LogP contribution in [-0.4, -0.2) is 37.2 Å². The second-order valence-corrected chi connectivity index (χ2v) is 21.6. The van der Waals surface area contributed by atoms with E-state index < -0.39 is 6.10 Å². The molecular weight excluding hydrogens is 961 g/mol. The van der Waals surface area contributed by atoms with Crippen molar-refractivity contribution in [1.29, 1.82) is 0 Å². The van der Waals surface area contributed by atoms with Crippen molar-refractivity contribution >= 4 is 17.9 Å². The summed E-state index contributed by atoms with van der Waals surface area (Å²) in [5.41, 5.74) is 0. The zero-order valence-corrected chi connectivity index (χ0v) is 51.2. The summed E-state index contributed by atoms with van der Waals surface area (Å²) in [5.74, 6) is -0.911. The molecule has 1 atom stereocenters. The zero-order valence-electron chi connectivity index (χ0n) is 51.2. The normalized spacial score (nSPS) is 12.8. The number of hydrogen-bond donors (Lipinski definition) is 0. The fraction of sp³-hybridized carbons (Fsp3) is 0.708. The van der Waals surface area contributed by atoms with Gasteiger partial charge in [-0.2, -0.15) is 0 Å². The number of hydrogen-bond acceptors (Lipinski definition) is 6. The van der Waals surface area contributed by atoms with Crippen molar-refractivity contribution in [3.8, 4) is 0 Å². The van der Waals surface area contributed by atoms with Crippen molar-refractivity contribution in [2.75, 3.05) is 13.2 Å². The molecule has 0 aliphatic rings. The minimum atomic E-state index is -0.794. The third-order valence-electron chi connectivity index (χ3n) is 14.0. The highest BCUT2D eigenvalue weighted by atomic mass is 16.6. The van der Waals surface area contributed by atoms with Gasteiger partial charge in [0.15, 0.2) is 6.10 Å². The molecule has 0 aromatic heterocycles. The molecule has 0 spiro atoms. The zero-order chi connectivity index (χ0) is 56.4. The standard InChI is InChI=1S/C72H122O6/c1-4-7-10-13-16-19-22-25-28-31-32-33-34-35-36-37-38-39-40-42-44-47-50-53-56-59-62-65-71(74)77-68-69(67-76-70(73)64-61-58-55-52-49-46-43-30-27-24-21-18-15-12-9-6-3)78-72(75)66-63-60-57-54-51-48-45-41-29-26-23-20-17-14-11-8-5-2/h7,10,16,19,21,24-25,28,30,32-33,35-36,38-39,42-44,69H,4-6,8-9,11-15,17-18,20,22-23,26-27,29,31,34,37,40-41,45-68H2,1-3H3/b10-7-,19-16-,24-21-,28-25-,33-32-,36-35-,39-38-,43-30-,44-42-. The van der Waals surface area contributed by atoms with Gasteiger partial charge in [0.25, 0.3) is 0 Å². The van der Waals surface area contributed by atoms with Crippen LogP contribution >= 0.6 is 0 Å². The van der Waals surface area contributed by atoms with Crippen LogP contribution in [0.3, 0.4) is 0 Å². The van der Waals surface area contributed by atoms with Crippen LogP contribution in [0.25, 0.3) is 0 Å². The van der Waals surface area contributed by atoms with Crippen LogP contribution in [0.5, 0.6) is 0 Å². The van der Waals surface area contributed by atoms with E-state index in [0.29, 0.717) is 19.3 Å². The van der Waals surface area contributed by atoms with Gasteiger partial charge in [0.2, 0.25) is 0 Å². The lowest BCUT2D eigenvalue weighted by Crippen LogP contribution is -2.30. The fourth-order valence-corrected chi connectivity index (χ4v) is 9.10. The van der Waals surface area contributed by atoms with Gasteiger partial charge < -0.3 is 14.2 Å². The molecule has 0 saturated carbocycles. The Bertz CT molecular complexity index is 1570. The number of unbranched alkanes of at least 4 members (excludes halogenated alkanes) is 30. The highest BCUT2D eigenvalue weighted by molar-refractivity contribution is 5.71. The van der Waals surface area contributed by atoms with Gasteiger partial charge in [0, 0.05) is 19.3 Å². The minimum absolute atomic E-state index is 0.0902. The van der Waals surface area contributed by atoms with E-state index in [9.17, 15) is 14.4 Å². The average molecular weight is 1080 g/mol. The third kappa shape index (κ3) is 62.9.